The number of aliphatic hydroxyl groups is 1. The van der Waals surface area contributed by atoms with Crippen LogP contribution in [0.1, 0.15) is 16.8 Å². The van der Waals surface area contributed by atoms with Gasteiger partial charge >= 0.3 is 0 Å². The van der Waals surface area contributed by atoms with E-state index in [4.69, 9.17) is 21.0 Å². The molecule has 6 aromatic rings. The Morgan fingerprint density at radius 2 is 2.00 bits per heavy atom. The Kier molecular flexibility index (Phi) is 4.29. The van der Waals surface area contributed by atoms with Crippen LogP contribution in [-0.2, 0) is 12.6 Å². The summed E-state index contributed by atoms with van der Waals surface area (Å²) in [7, 11) is 1.83. The summed E-state index contributed by atoms with van der Waals surface area (Å²) in [5, 5.41) is 25.3. The number of tetrazole rings is 1. The van der Waals surface area contributed by atoms with Crippen LogP contribution >= 0.6 is 11.6 Å². The molecular weight excluding hydrogens is 442 g/mol. The first-order valence-electron chi connectivity index (χ1n) is 10.1. The summed E-state index contributed by atoms with van der Waals surface area (Å²) in [6.45, 7) is 0. The molecule has 0 bridgehead atoms. The predicted octanol–water partition coefficient (Wildman–Crippen LogP) is 3.60. The summed E-state index contributed by atoms with van der Waals surface area (Å²) < 4.78 is 8.65. The molecule has 2 aromatic carbocycles. The third kappa shape index (κ3) is 2.94. The highest BCUT2D eigenvalue weighted by Gasteiger charge is 2.38. The SMILES string of the molecule is Cn1cncc1C(O)(c1ccoc1)c1ccc2c(c1)c(-c1cccc(Cl)c1)nc1nnnn12. The van der Waals surface area contributed by atoms with E-state index in [0.717, 1.165) is 16.5 Å². The number of halogens is 1. The Bertz CT molecular complexity index is 1620. The van der Waals surface area contributed by atoms with Gasteiger partial charge < -0.3 is 14.1 Å². The number of hydrogen-bond donors (Lipinski definition) is 1. The van der Waals surface area contributed by atoms with Gasteiger partial charge in [0.25, 0.3) is 5.78 Å². The third-order valence-corrected chi connectivity index (χ3v) is 6.02. The largest absolute Gasteiger partial charge is 0.472 e. The van der Waals surface area contributed by atoms with Gasteiger partial charge in [0.15, 0.2) is 5.60 Å². The normalized spacial score (nSPS) is 13.5. The van der Waals surface area contributed by atoms with Crippen molar-refractivity contribution in [2.45, 2.75) is 5.60 Å². The minimum Gasteiger partial charge on any atom is -0.472 e. The molecule has 162 valence electrons. The highest BCUT2D eigenvalue weighted by atomic mass is 35.5. The Balaban J connectivity index is 1.69. The minimum atomic E-state index is -1.52. The molecule has 10 heteroatoms. The van der Waals surface area contributed by atoms with Crippen molar-refractivity contribution in [1.29, 1.82) is 0 Å². The average Bonchev–Trinajstić information content (AvgIpc) is 3.59. The number of aromatic nitrogens is 7. The first-order chi connectivity index (χ1) is 16.1. The highest BCUT2D eigenvalue weighted by Crippen LogP contribution is 2.39. The van der Waals surface area contributed by atoms with Crippen LogP contribution in [0.5, 0.6) is 0 Å². The Morgan fingerprint density at radius 1 is 1.09 bits per heavy atom. The summed E-state index contributed by atoms with van der Waals surface area (Å²) in [6.07, 6.45) is 6.34. The Morgan fingerprint density at radius 3 is 2.76 bits per heavy atom. The monoisotopic (exact) mass is 457 g/mol. The van der Waals surface area contributed by atoms with Crippen LogP contribution in [0.25, 0.3) is 27.9 Å². The summed E-state index contributed by atoms with van der Waals surface area (Å²) in [5.41, 5.74) is 2.45. The van der Waals surface area contributed by atoms with Crippen molar-refractivity contribution in [1.82, 2.24) is 34.6 Å². The van der Waals surface area contributed by atoms with Crippen LogP contribution in [0.2, 0.25) is 5.02 Å². The first kappa shape index (κ1) is 19.6. The molecule has 6 rings (SSSR count). The molecule has 33 heavy (non-hydrogen) atoms. The van der Waals surface area contributed by atoms with E-state index in [1.165, 1.54) is 12.5 Å². The van der Waals surface area contributed by atoms with Gasteiger partial charge in [0.2, 0.25) is 0 Å². The maximum Gasteiger partial charge on any atom is 0.274 e. The zero-order valence-electron chi connectivity index (χ0n) is 17.3. The lowest BCUT2D eigenvalue weighted by Crippen LogP contribution is -2.30. The number of benzene rings is 2. The maximum atomic E-state index is 12.1. The summed E-state index contributed by atoms with van der Waals surface area (Å²) >= 11 is 6.27. The highest BCUT2D eigenvalue weighted by molar-refractivity contribution is 6.30. The first-order valence-corrected chi connectivity index (χ1v) is 10.4. The maximum absolute atomic E-state index is 12.1. The van der Waals surface area contributed by atoms with Gasteiger partial charge in [-0.15, -0.1) is 0 Å². The smallest absolute Gasteiger partial charge is 0.274 e. The van der Waals surface area contributed by atoms with Gasteiger partial charge in [0.05, 0.1) is 42.0 Å². The van der Waals surface area contributed by atoms with Gasteiger partial charge in [0, 0.05) is 28.6 Å². The molecule has 0 aliphatic rings. The van der Waals surface area contributed by atoms with Crippen LogP contribution in [0.3, 0.4) is 0 Å². The minimum absolute atomic E-state index is 0.363. The topological polar surface area (TPSA) is 107 Å². The van der Waals surface area contributed by atoms with Gasteiger partial charge in [-0.25, -0.2) is 9.97 Å². The van der Waals surface area contributed by atoms with E-state index in [1.54, 1.807) is 33.7 Å². The average molecular weight is 458 g/mol. The van der Waals surface area contributed by atoms with E-state index in [-0.39, 0.29) is 0 Å². The molecule has 4 heterocycles. The van der Waals surface area contributed by atoms with E-state index in [9.17, 15) is 5.11 Å². The number of imidazole rings is 1. The molecule has 0 saturated carbocycles. The lowest BCUT2D eigenvalue weighted by atomic mass is 9.84. The molecule has 0 radical (unpaired) electrons. The summed E-state index contributed by atoms with van der Waals surface area (Å²) in [4.78, 5) is 8.90. The second-order valence-electron chi connectivity index (χ2n) is 7.71. The molecule has 0 amide bonds. The van der Waals surface area contributed by atoms with Crippen molar-refractivity contribution in [3.63, 3.8) is 0 Å². The second-order valence-corrected chi connectivity index (χ2v) is 8.14. The fraction of sp³-hybridized carbons (Fsp3) is 0.0870. The van der Waals surface area contributed by atoms with E-state index >= 15 is 0 Å². The third-order valence-electron chi connectivity index (χ3n) is 5.79. The Labute approximate surface area is 191 Å². The Hall–Kier alpha value is -4.08. The van der Waals surface area contributed by atoms with Crippen LogP contribution in [0, 0.1) is 0 Å². The van der Waals surface area contributed by atoms with Crippen LogP contribution in [0.4, 0.5) is 0 Å². The van der Waals surface area contributed by atoms with Crippen LogP contribution in [0.15, 0.2) is 78.0 Å². The molecule has 0 aliphatic heterocycles. The van der Waals surface area contributed by atoms with Crippen molar-refractivity contribution < 1.29 is 9.52 Å². The molecular formula is C23H16ClN7O2. The molecule has 0 saturated heterocycles. The summed E-state index contributed by atoms with van der Waals surface area (Å²) in [5.74, 6) is 0.363. The van der Waals surface area contributed by atoms with Gasteiger partial charge in [-0.1, -0.05) is 34.9 Å². The van der Waals surface area contributed by atoms with Gasteiger partial charge in [-0.05, 0) is 46.3 Å². The molecule has 0 fully saturated rings. The number of hydrogen-bond acceptors (Lipinski definition) is 7. The molecule has 4 aromatic heterocycles. The lowest BCUT2D eigenvalue weighted by molar-refractivity contribution is 0.117. The fourth-order valence-electron chi connectivity index (χ4n) is 4.20. The van der Waals surface area contributed by atoms with Crippen LogP contribution < -0.4 is 0 Å². The fourth-order valence-corrected chi connectivity index (χ4v) is 4.39. The number of rotatable bonds is 4. The number of furan rings is 1. The van der Waals surface area contributed by atoms with Crippen molar-refractivity contribution in [2.75, 3.05) is 0 Å². The van der Waals surface area contributed by atoms with E-state index < -0.39 is 5.60 Å². The quantitative estimate of drug-likeness (QED) is 0.431. The molecule has 1 unspecified atom stereocenters. The zero-order valence-corrected chi connectivity index (χ0v) is 18.0. The number of aryl methyl sites for hydroxylation is 1. The second kappa shape index (κ2) is 7.22. The molecule has 0 spiro atoms. The molecule has 1 atom stereocenters. The van der Waals surface area contributed by atoms with Gasteiger partial charge in [-0.3, -0.25) is 0 Å². The lowest BCUT2D eigenvalue weighted by Gasteiger charge is -2.28. The molecule has 1 N–H and O–H groups in total. The number of fused-ring (bicyclic) bond motifs is 3. The van der Waals surface area contributed by atoms with Gasteiger partial charge in [-0.2, -0.15) is 4.52 Å². The van der Waals surface area contributed by atoms with E-state index in [2.05, 4.69) is 20.5 Å². The van der Waals surface area contributed by atoms with Crippen LogP contribution in [-0.4, -0.2) is 39.7 Å². The summed E-state index contributed by atoms with van der Waals surface area (Å²) in [6, 6.07) is 14.7. The van der Waals surface area contributed by atoms with E-state index in [0.29, 0.717) is 33.3 Å². The standard InChI is InChI=1S/C23H16ClN7O2/c1-30-13-25-11-20(30)23(32,16-7-8-33-12-16)15-5-6-19-18(10-15)21(14-3-2-4-17(24)9-14)26-22-27-28-29-31(19)22/h2-13,32H,1H3. The predicted molar refractivity (Wildman–Crippen MR) is 121 cm³/mol. The molecule has 0 aliphatic carbocycles. The van der Waals surface area contributed by atoms with Crippen molar-refractivity contribution in [2.24, 2.45) is 7.05 Å². The van der Waals surface area contributed by atoms with Crippen molar-refractivity contribution in [3.05, 3.63) is 95.4 Å². The van der Waals surface area contributed by atoms with E-state index in [1.807, 2.05) is 43.4 Å². The molecule has 9 nitrogen and oxygen atoms in total. The number of nitrogens with zero attached hydrogens (tertiary/aromatic N) is 7. The zero-order chi connectivity index (χ0) is 22.6. The van der Waals surface area contributed by atoms with Crippen molar-refractivity contribution >= 4 is 28.3 Å². The van der Waals surface area contributed by atoms with Crippen molar-refractivity contribution in [3.8, 4) is 11.3 Å². The van der Waals surface area contributed by atoms with Gasteiger partial charge in [0.1, 0.15) is 0 Å².